The quantitative estimate of drug-likeness (QED) is 0.919. The summed E-state index contributed by atoms with van der Waals surface area (Å²) in [5, 5.41) is 8.89. The van der Waals surface area contributed by atoms with Crippen molar-refractivity contribution >= 4 is 20.9 Å². The fourth-order valence-electron chi connectivity index (χ4n) is 2.70. The van der Waals surface area contributed by atoms with Gasteiger partial charge in [-0.05, 0) is 31.4 Å². The van der Waals surface area contributed by atoms with E-state index >= 15 is 0 Å². The number of fused-ring (bicyclic) bond motifs is 1. The van der Waals surface area contributed by atoms with E-state index in [1.54, 1.807) is 19.1 Å². The highest BCUT2D eigenvalue weighted by atomic mass is 32.2. The first-order chi connectivity index (χ1) is 10.1. The van der Waals surface area contributed by atoms with Crippen molar-refractivity contribution in [1.29, 1.82) is 0 Å². The number of sulfone groups is 1. The summed E-state index contributed by atoms with van der Waals surface area (Å²) in [6.07, 6.45) is 0.0655. The molecule has 1 saturated carbocycles. The summed E-state index contributed by atoms with van der Waals surface area (Å²) in [6, 6.07) is 3.55. The zero-order valence-electron chi connectivity index (χ0n) is 13.3. The number of hydrogen-bond donors (Lipinski definition) is 1. The van der Waals surface area contributed by atoms with Gasteiger partial charge in [0.15, 0.2) is 15.4 Å². The van der Waals surface area contributed by atoms with Crippen LogP contribution in [-0.2, 0) is 15.3 Å². The summed E-state index contributed by atoms with van der Waals surface area (Å²) in [5.74, 6) is 0.526. The fraction of sp³-hybridized carbons (Fsp3) is 0.562. The minimum Gasteiger partial charge on any atom is -0.439 e. The Bertz CT molecular complexity index is 824. The van der Waals surface area contributed by atoms with Crippen molar-refractivity contribution in [2.24, 2.45) is 0 Å². The van der Waals surface area contributed by atoms with Gasteiger partial charge in [-0.15, -0.1) is 0 Å². The number of rotatable bonds is 2. The number of aliphatic hydroxyl groups excluding tert-OH is 1. The van der Waals surface area contributed by atoms with Crippen LogP contribution >= 0.6 is 0 Å². The van der Waals surface area contributed by atoms with Crippen molar-refractivity contribution in [3.63, 3.8) is 0 Å². The van der Waals surface area contributed by atoms with E-state index < -0.39 is 21.2 Å². The summed E-state index contributed by atoms with van der Waals surface area (Å²) in [6.45, 7) is 7.68. The van der Waals surface area contributed by atoms with Gasteiger partial charge in [0.1, 0.15) is 10.4 Å². The molecule has 5 nitrogen and oxygen atoms in total. The van der Waals surface area contributed by atoms with Crippen molar-refractivity contribution in [1.82, 2.24) is 4.98 Å². The van der Waals surface area contributed by atoms with Gasteiger partial charge in [-0.2, -0.15) is 0 Å². The van der Waals surface area contributed by atoms with E-state index in [1.165, 1.54) is 0 Å². The zero-order valence-corrected chi connectivity index (χ0v) is 14.1. The molecule has 0 aliphatic heterocycles. The van der Waals surface area contributed by atoms with E-state index in [4.69, 9.17) is 4.42 Å². The third kappa shape index (κ3) is 2.34. The Morgan fingerprint density at radius 3 is 2.45 bits per heavy atom. The van der Waals surface area contributed by atoms with Gasteiger partial charge in [-0.25, -0.2) is 13.4 Å². The smallest absolute Gasteiger partial charge is 0.200 e. The molecule has 1 aromatic carbocycles. The molecule has 1 N–H and O–H groups in total. The van der Waals surface area contributed by atoms with E-state index in [0.717, 1.165) is 0 Å². The molecule has 3 rings (SSSR count). The first-order valence-electron chi connectivity index (χ1n) is 7.43. The van der Waals surface area contributed by atoms with Crippen LogP contribution in [0.5, 0.6) is 0 Å². The highest BCUT2D eigenvalue weighted by molar-refractivity contribution is 7.92. The lowest BCUT2D eigenvalue weighted by Gasteiger charge is -2.31. The molecule has 120 valence electrons. The van der Waals surface area contributed by atoms with Crippen LogP contribution in [0.1, 0.15) is 45.1 Å². The number of hydrogen-bond acceptors (Lipinski definition) is 5. The van der Waals surface area contributed by atoms with E-state index in [2.05, 4.69) is 4.98 Å². The van der Waals surface area contributed by atoms with E-state index in [0.29, 0.717) is 35.4 Å². The number of oxazole rings is 1. The number of benzene rings is 1. The molecular weight excluding hydrogens is 302 g/mol. The van der Waals surface area contributed by atoms with Gasteiger partial charge in [0, 0.05) is 5.41 Å². The molecular formula is C16H21NO4S. The maximum absolute atomic E-state index is 12.9. The van der Waals surface area contributed by atoms with Gasteiger partial charge >= 0.3 is 0 Å². The first-order valence-corrected chi connectivity index (χ1v) is 8.98. The molecule has 6 heteroatoms. The molecule has 22 heavy (non-hydrogen) atoms. The van der Waals surface area contributed by atoms with Crippen LogP contribution in [0, 0.1) is 6.92 Å². The minimum absolute atomic E-state index is 0.227. The number of aryl methyl sites for hydroxylation is 1. The topological polar surface area (TPSA) is 80.4 Å². The van der Waals surface area contributed by atoms with Gasteiger partial charge in [-0.3, -0.25) is 0 Å². The fourth-order valence-corrected chi connectivity index (χ4v) is 4.90. The third-order valence-electron chi connectivity index (χ3n) is 4.14. The number of aromatic nitrogens is 1. The van der Waals surface area contributed by atoms with Crippen molar-refractivity contribution in [3.8, 4) is 0 Å². The Balaban J connectivity index is 2.20. The van der Waals surface area contributed by atoms with E-state index in [9.17, 15) is 13.5 Å². The Morgan fingerprint density at radius 2 is 1.91 bits per heavy atom. The largest absolute Gasteiger partial charge is 0.439 e. The molecule has 0 radical (unpaired) electrons. The molecule has 2 aromatic rings. The standard InChI is InChI=1S/C16H21NO4S/c1-9-5-6-12-13(21-15(17-12)16(2,3)4)14(9)22(19,20)11-7-10(18)8-11/h5-6,10-11,18H,7-8H2,1-4H3. The summed E-state index contributed by atoms with van der Waals surface area (Å²) >= 11 is 0. The summed E-state index contributed by atoms with van der Waals surface area (Å²) < 4.78 is 31.5. The third-order valence-corrected chi connectivity index (χ3v) is 6.48. The molecule has 1 heterocycles. The van der Waals surface area contributed by atoms with E-state index in [1.807, 2.05) is 20.8 Å². The van der Waals surface area contributed by atoms with Gasteiger partial charge in [0.25, 0.3) is 0 Å². The molecule has 0 amide bonds. The average molecular weight is 323 g/mol. The van der Waals surface area contributed by atoms with Crippen molar-refractivity contribution < 1.29 is 17.9 Å². The predicted molar refractivity (Wildman–Crippen MR) is 83.7 cm³/mol. The predicted octanol–water partition coefficient (Wildman–Crippen LogP) is 2.73. The molecule has 1 fully saturated rings. The Morgan fingerprint density at radius 1 is 1.27 bits per heavy atom. The molecule has 0 saturated heterocycles. The molecule has 0 bridgehead atoms. The maximum atomic E-state index is 12.9. The van der Waals surface area contributed by atoms with Crippen LogP contribution in [0.2, 0.25) is 0 Å². The lowest BCUT2D eigenvalue weighted by atomic mass is 9.96. The molecule has 0 atom stereocenters. The second-order valence-corrected chi connectivity index (χ2v) is 9.29. The monoisotopic (exact) mass is 323 g/mol. The van der Waals surface area contributed by atoms with Gasteiger partial charge in [-0.1, -0.05) is 26.8 Å². The number of aliphatic hydroxyl groups is 1. The SMILES string of the molecule is Cc1ccc2nc(C(C)(C)C)oc2c1S(=O)(=O)C1CC(O)C1. The van der Waals surface area contributed by atoms with Crippen LogP contribution in [0.15, 0.2) is 21.4 Å². The van der Waals surface area contributed by atoms with Gasteiger partial charge in [0.05, 0.1) is 11.4 Å². The van der Waals surface area contributed by atoms with Crippen LogP contribution in [0.3, 0.4) is 0 Å². The van der Waals surface area contributed by atoms with Crippen LogP contribution in [0.4, 0.5) is 0 Å². The molecule has 1 aromatic heterocycles. The van der Waals surface area contributed by atoms with Crippen LogP contribution in [-0.4, -0.2) is 29.9 Å². The molecule has 0 unspecified atom stereocenters. The lowest BCUT2D eigenvalue weighted by Crippen LogP contribution is -2.39. The summed E-state index contributed by atoms with van der Waals surface area (Å²) in [7, 11) is -3.52. The number of nitrogens with zero attached hydrogens (tertiary/aromatic N) is 1. The van der Waals surface area contributed by atoms with Crippen molar-refractivity contribution in [3.05, 3.63) is 23.6 Å². The highest BCUT2D eigenvalue weighted by Gasteiger charge is 2.41. The van der Waals surface area contributed by atoms with Crippen molar-refractivity contribution in [2.45, 2.75) is 62.2 Å². The van der Waals surface area contributed by atoms with E-state index in [-0.39, 0.29) is 10.3 Å². The normalized spacial score (nSPS) is 22.8. The van der Waals surface area contributed by atoms with Crippen molar-refractivity contribution in [2.75, 3.05) is 0 Å². The molecule has 1 aliphatic carbocycles. The molecule has 1 aliphatic rings. The highest BCUT2D eigenvalue weighted by Crippen LogP contribution is 2.37. The Labute approximate surface area is 130 Å². The van der Waals surface area contributed by atoms with Crippen LogP contribution in [0.25, 0.3) is 11.1 Å². The van der Waals surface area contributed by atoms with Gasteiger partial charge < -0.3 is 9.52 Å². The maximum Gasteiger partial charge on any atom is 0.200 e. The first kappa shape index (κ1) is 15.5. The van der Waals surface area contributed by atoms with Gasteiger partial charge in [0.2, 0.25) is 5.89 Å². The zero-order chi connectivity index (χ0) is 16.3. The second kappa shape index (κ2) is 4.80. The minimum atomic E-state index is -3.52. The second-order valence-electron chi connectivity index (χ2n) is 7.12. The average Bonchev–Trinajstić information content (AvgIpc) is 2.77. The molecule has 0 spiro atoms. The van der Waals surface area contributed by atoms with Crippen LogP contribution < -0.4 is 0 Å². The summed E-state index contributed by atoms with van der Waals surface area (Å²) in [5.41, 5.74) is 1.27. The Kier molecular flexibility index (Phi) is 3.38. The Hall–Kier alpha value is -1.40. The summed E-state index contributed by atoms with van der Waals surface area (Å²) in [4.78, 5) is 4.66. The lowest BCUT2D eigenvalue weighted by molar-refractivity contribution is 0.0977.